The van der Waals surface area contributed by atoms with E-state index in [4.69, 9.17) is 16.3 Å². The van der Waals surface area contributed by atoms with Crippen molar-refractivity contribution in [2.24, 2.45) is 0 Å². The van der Waals surface area contributed by atoms with Crippen LogP contribution < -0.4 is 4.74 Å². The molecule has 0 spiro atoms. The van der Waals surface area contributed by atoms with E-state index < -0.39 is 0 Å². The number of benzene rings is 2. The molecule has 0 saturated heterocycles. The maximum Gasteiger partial charge on any atom is 0.261 e. The van der Waals surface area contributed by atoms with E-state index >= 15 is 0 Å². The molecule has 1 heterocycles. The van der Waals surface area contributed by atoms with Gasteiger partial charge in [0.05, 0.1) is 12.7 Å². The number of rotatable bonds is 2. The smallest absolute Gasteiger partial charge is 0.261 e. The fraction of sp³-hybridized carbons (Fsp3) is 0.286. The van der Waals surface area contributed by atoms with Gasteiger partial charge < -0.3 is 9.64 Å². The number of fused-ring (bicyclic) bond motifs is 2. The van der Waals surface area contributed by atoms with Crippen molar-refractivity contribution < 1.29 is 9.53 Å². The van der Waals surface area contributed by atoms with Crippen LogP contribution in [-0.2, 0) is 6.42 Å². The fourth-order valence-electron chi connectivity index (χ4n) is 3.94. The van der Waals surface area contributed by atoms with Crippen molar-refractivity contribution in [3.05, 3.63) is 69.9 Å². The third kappa shape index (κ3) is 2.83. The SMILES string of the molecule is COc1ccccc1C(=O)N1CCCC2=C1CCc1cc(Cl)ccc12. The average Bonchev–Trinajstić information content (AvgIpc) is 2.66. The first-order valence-corrected chi connectivity index (χ1v) is 9.02. The number of carbonyl (C=O) groups excluding carboxylic acids is 1. The Hall–Kier alpha value is -2.26. The fourth-order valence-corrected chi connectivity index (χ4v) is 4.13. The minimum atomic E-state index is 0.0297. The molecule has 0 atom stereocenters. The number of allylic oxidation sites excluding steroid dienone is 2. The van der Waals surface area contributed by atoms with Crippen LogP contribution in [0, 0.1) is 0 Å². The van der Waals surface area contributed by atoms with E-state index in [2.05, 4.69) is 12.1 Å². The maximum atomic E-state index is 13.2. The Morgan fingerprint density at radius 3 is 2.80 bits per heavy atom. The Morgan fingerprint density at radius 1 is 1.12 bits per heavy atom. The summed E-state index contributed by atoms with van der Waals surface area (Å²) in [5.74, 6) is 0.658. The van der Waals surface area contributed by atoms with Crippen molar-refractivity contribution in [3.8, 4) is 5.75 Å². The van der Waals surface area contributed by atoms with Gasteiger partial charge in [0.25, 0.3) is 5.91 Å². The second-order valence-electron chi connectivity index (χ2n) is 6.49. The van der Waals surface area contributed by atoms with Gasteiger partial charge in [-0.25, -0.2) is 0 Å². The van der Waals surface area contributed by atoms with Crippen molar-refractivity contribution in [3.63, 3.8) is 0 Å². The Balaban J connectivity index is 1.76. The number of para-hydroxylation sites is 1. The topological polar surface area (TPSA) is 29.5 Å². The third-order valence-corrected chi connectivity index (χ3v) is 5.32. The number of amides is 1. The monoisotopic (exact) mass is 353 g/mol. The Labute approximate surface area is 152 Å². The largest absolute Gasteiger partial charge is 0.496 e. The quantitative estimate of drug-likeness (QED) is 0.765. The molecule has 2 aliphatic rings. The summed E-state index contributed by atoms with van der Waals surface area (Å²) in [5, 5.41) is 0.778. The van der Waals surface area contributed by atoms with E-state index in [-0.39, 0.29) is 5.91 Å². The van der Waals surface area contributed by atoms with E-state index in [0.717, 1.165) is 42.9 Å². The highest BCUT2D eigenvalue weighted by Crippen LogP contribution is 2.40. The van der Waals surface area contributed by atoms with E-state index in [1.165, 1.54) is 16.7 Å². The van der Waals surface area contributed by atoms with Crippen LogP contribution in [0.15, 0.2) is 48.2 Å². The van der Waals surface area contributed by atoms with Crippen LogP contribution >= 0.6 is 11.6 Å². The van der Waals surface area contributed by atoms with Crippen LogP contribution in [0.5, 0.6) is 5.75 Å². The first-order chi connectivity index (χ1) is 12.2. The molecule has 2 aromatic rings. The summed E-state index contributed by atoms with van der Waals surface area (Å²) in [6.45, 7) is 0.763. The van der Waals surface area contributed by atoms with Gasteiger partial charge in [-0.2, -0.15) is 0 Å². The number of hydrogen-bond acceptors (Lipinski definition) is 2. The van der Waals surface area contributed by atoms with Gasteiger partial charge >= 0.3 is 0 Å². The molecule has 0 saturated carbocycles. The van der Waals surface area contributed by atoms with Gasteiger partial charge in [0, 0.05) is 17.3 Å². The first kappa shape index (κ1) is 16.2. The number of carbonyl (C=O) groups is 1. The molecule has 3 nitrogen and oxygen atoms in total. The molecule has 1 aliphatic carbocycles. The molecular formula is C21H20ClNO2. The van der Waals surface area contributed by atoms with Gasteiger partial charge in [-0.05, 0) is 66.6 Å². The van der Waals surface area contributed by atoms with Crippen molar-refractivity contribution >= 4 is 23.1 Å². The molecule has 1 aliphatic heterocycles. The first-order valence-electron chi connectivity index (χ1n) is 8.64. The van der Waals surface area contributed by atoms with Crippen LogP contribution in [0.3, 0.4) is 0 Å². The highest BCUT2D eigenvalue weighted by atomic mass is 35.5. The summed E-state index contributed by atoms with van der Waals surface area (Å²) in [5.41, 5.74) is 5.63. The molecule has 128 valence electrons. The summed E-state index contributed by atoms with van der Waals surface area (Å²) in [7, 11) is 1.60. The minimum absolute atomic E-state index is 0.0297. The third-order valence-electron chi connectivity index (χ3n) is 5.09. The highest BCUT2D eigenvalue weighted by molar-refractivity contribution is 6.30. The number of methoxy groups -OCH3 is 1. The van der Waals surface area contributed by atoms with Crippen LogP contribution in [-0.4, -0.2) is 24.5 Å². The number of aryl methyl sites for hydroxylation is 1. The van der Waals surface area contributed by atoms with Gasteiger partial charge in [-0.3, -0.25) is 4.79 Å². The maximum absolute atomic E-state index is 13.2. The molecule has 0 aromatic heterocycles. The molecule has 0 radical (unpaired) electrons. The Kier molecular flexibility index (Phi) is 4.26. The van der Waals surface area contributed by atoms with E-state index in [9.17, 15) is 4.79 Å². The summed E-state index contributed by atoms with van der Waals surface area (Å²) in [4.78, 5) is 15.1. The molecule has 4 heteroatoms. The predicted octanol–water partition coefficient (Wildman–Crippen LogP) is 4.94. The van der Waals surface area contributed by atoms with Crippen LogP contribution in [0.4, 0.5) is 0 Å². The lowest BCUT2D eigenvalue weighted by molar-refractivity contribution is 0.0790. The van der Waals surface area contributed by atoms with E-state index in [1.54, 1.807) is 7.11 Å². The van der Waals surface area contributed by atoms with Gasteiger partial charge in [-0.15, -0.1) is 0 Å². The molecule has 0 N–H and O–H groups in total. The lowest BCUT2D eigenvalue weighted by atomic mass is 9.83. The van der Waals surface area contributed by atoms with Crippen molar-refractivity contribution in [2.75, 3.05) is 13.7 Å². The molecule has 0 unspecified atom stereocenters. The summed E-state index contributed by atoms with van der Waals surface area (Å²) < 4.78 is 5.38. The highest BCUT2D eigenvalue weighted by Gasteiger charge is 2.31. The Bertz CT molecular complexity index is 872. The molecule has 0 bridgehead atoms. The zero-order chi connectivity index (χ0) is 17.4. The summed E-state index contributed by atoms with van der Waals surface area (Å²) in [6.07, 6.45) is 3.79. The number of ether oxygens (including phenoxy) is 1. The molecule has 25 heavy (non-hydrogen) atoms. The zero-order valence-corrected chi connectivity index (χ0v) is 15.0. The molecule has 2 aromatic carbocycles. The number of hydrogen-bond donors (Lipinski definition) is 0. The van der Waals surface area contributed by atoms with E-state index in [0.29, 0.717) is 11.3 Å². The Morgan fingerprint density at radius 2 is 1.96 bits per heavy atom. The lowest BCUT2D eigenvalue weighted by Crippen LogP contribution is -2.36. The summed E-state index contributed by atoms with van der Waals surface area (Å²) in [6, 6.07) is 13.5. The molecule has 4 rings (SSSR count). The van der Waals surface area contributed by atoms with Gasteiger partial charge in [0.2, 0.25) is 0 Å². The minimum Gasteiger partial charge on any atom is -0.496 e. The van der Waals surface area contributed by atoms with Gasteiger partial charge in [0.15, 0.2) is 0 Å². The van der Waals surface area contributed by atoms with E-state index in [1.807, 2.05) is 35.2 Å². The lowest BCUT2D eigenvalue weighted by Gasteiger charge is -2.36. The van der Waals surface area contributed by atoms with Crippen LogP contribution in [0.25, 0.3) is 5.57 Å². The number of halogens is 1. The predicted molar refractivity (Wildman–Crippen MR) is 100.0 cm³/mol. The molecular weight excluding hydrogens is 334 g/mol. The van der Waals surface area contributed by atoms with Gasteiger partial charge in [0.1, 0.15) is 5.75 Å². The number of nitrogens with zero attached hydrogens (tertiary/aromatic N) is 1. The van der Waals surface area contributed by atoms with Crippen molar-refractivity contribution in [1.82, 2.24) is 4.90 Å². The normalized spacial score (nSPS) is 16.3. The zero-order valence-electron chi connectivity index (χ0n) is 14.2. The molecule has 1 amide bonds. The van der Waals surface area contributed by atoms with Crippen LogP contribution in [0.2, 0.25) is 5.02 Å². The van der Waals surface area contributed by atoms with Gasteiger partial charge in [-0.1, -0.05) is 29.8 Å². The molecule has 0 fully saturated rings. The average molecular weight is 354 g/mol. The standard InChI is InChI=1S/C21H20ClNO2/c1-25-20-7-3-2-5-18(20)21(24)23-12-4-6-17-16-10-9-15(22)13-14(16)8-11-19(17)23/h2-3,5,7,9-10,13H,4,6,8,11-12H2,1H3. The van der Waals surface area contributed by atoms with Crippen molar-refractivity contribution in [2.45, 2.75) is 25.7 Å². The van der Waals surface area contributed by atoms with Crippen molar-refractivity contribution in [1.29, 1.82) is 0 Å². The second kappa shape index (κ2) is 6.57. The second-order valence-corrected chi connectivity index (χ2v) is 6.92. The van der Waals surface area contributed by atoms with Crippen LogP contribution in [0.1, 0.15) is 40.7 Å². The summed E-state index contributed by atoms with van der Waals surface area (Å²) >= 11 is 6.15.